The van der Waals surface area contributed by atoms with Gasteiger partial charge in [0.1, 0.15) is 17.2 Å². The topological polar surface area (TPSA) is 63.7 Å². The number of hydrogen-bond acceptors (Lipinski definition) is 4. The summed E-state index contributed by atoms with van der Waals surface area (Å²) in [6.45, 7) is 6.30. The van der Waals surface area contributed by atoms with E-state index in [2.05, 4.69) is 0 Å². The van der Waals surface area contributed by atoms with Crippen molar-refractivity contribution in [3.63, 3.8) is 0 Å². The van der Waals surface area contributed by atoms with Crippen molar-refractivity contribution in [3.05, 3.63) is 0 Å². The molecule has 1 heterocycles. The van der Waals surface area contributed by atoms with Gasteiger partial charge in [-0.05, 0) is 40.0 Å². The van der Waals surface area contributed by atoms with Gasteiger partial charge in [-0.1, -0.05) is 6.42 Å². The van der Waals surface area contributed by atoms with Crippen molar-refractivity contribution in [2.45, 2.75) is 77.7 Å². The standard InChI is InChI=1S/C17H29NO4/c1-17(2,3)22-16(21)18-12-7-10-14(19)8-5-4-6-9-15(20)11-13-18/h4-13H2,1-3H3. The quantitative estimate of drug-likeness (QED) is 0.687. The Hall–Kier alpha value is -1.39. The van der Waals surface area contributed by atoms with Crippen LogP contribution in [0.2, 0.25) is 0 Å². The maximum absolute atomic E-state index is 12.2. The molecule has 0 bridgehead atoms. The molecule has 1 amide bonds. The van der Waals surface area contributed by atoms with E-state index >= 15 is 0 Å². The molecule has 126 valence electrons. The molecule has 1 aliphatic heterocycles. The highest BCUT2D eigenvalue weighted by atomic mass is 16.6. The Morgan fingerprint density at radius 1 is 0.864 bits per heavy atom. The van der Waals surface area contributed by atoms with Gasteiger partial charge in [0.05, 0.1) is 0 Å². The molecule has 0 N–H and O–H groups in total. The van der Waals surface area contributed by atoms with Crippen LogP contribution in [0.5, 0.6) is 0 Å². The van der Waals surface area contributed by atoms with E-state index in [0.717, 1.165) is 19.3 Å². The molecular formula is C17H29NO4. The molecule has 1 fully saturated rings. The summed E-state index contributed by atoms with van der Waals surface area (Å²) < 4.78 is 5.38. The molecule has 22 heavy (non-hydrogen) atoms. The minimum atomic E-state index is -0.557. The van der Waals surface area contributed by atoms with Crippen LogP contribution in [0, 0.1) is 0 Å². The lowest BCUT2D eigenvalue weighted by molar-refractivity contribution is -0.120. The van der Waals surface area contributed by atoms with Crippen molar-refractivity contribution < 1.29 is 19.1 Å². The number of amides is 1. The van der Waals surface area contributed by atoms with Gasteiger partial charge >= 0.3 is 6.09 Å². The second-order valence-electron chi connectivity index (χ2n) is 6.96. The largest absolute Gasteiger partial charge is 0.444 e. The van der Waals surface area contributed by atoms with Gasteiger partial charge in [0.15, 0.2) is 0 Å². The molecule has 0 aromatic carbocycles. The third-order valence-corrected chi connectivity index (χ3v) is 3.61. The maximum Gasteiger partial charge on any atom is 0.410 e. The van der Waals surface area contributed by atoms with Gasteiger partial charge in [-0.3, -0.25) is 9.59 Å². The third kappa shape index (κ3) is 8.15. The monoisotopic (exact) mass is 311 g/mol. The first kappa shape index (κ1) is 18.7. The first-order valence-electron chi connectivity index (χ1n) is 8.29. The number of Topliss-reactive ketones (excluding diaryl/α,β-unsaturated/α-hetero) is 2. The van der Waals surface area contributed by atoms with Crippen LogP contribution in [0.4, 0.5) is 4.79 Å². The van der Waals surface area contributed by atoms with E-state index in [4.69, 9.17) is 4.74 Å². The van der Waals surface area contributed by atoms with E-state index in [9.17, 15) is 14.4 Å². The first-order chi connectivity index (χ1) is 10.3. The van der Waals surface area contributed by atoms with Gasteiger partial charge in [-0.15, -0.1) is 0 Å². The predicted octanol–water partition coefficient (Wildman–Crippen LogP) is 3.50. The van der Waals surface area contributed by atoms with Crippen molar-refractivity contribution in [1.82, 2.24) is 4.90 Å². The summed E-state index contributed by atoms with van der Waals surface area (Å²) in [4.78, 5) is 37.4. The molecular weight excluding hydrogens is 282 g/mol. The molecule has 0 spiro atoms. The number of hydrogen-bond donors (Lipinski definition) is 0. The second-order valence-corrected chi connectivity index (χ2v) is 6.96. The van der Waals surface area contributed by atoms with E-state index < -0.39 is 11.7 Å². The summed E-state index contributed by atoms with van der Waals surface area (Å²) in [6, 6.07) is 0. The molecule has 1 rings (SSSR count). The summed E-state index contributed by atoms with van der Waals surface area (Å²) >= 11 is 0. The highest BCUT2D eigenvalue weighted by molar-refractivity contribution is 5.79. The van der Waals surface area contributed by atoms with Crippen LogP contribution in [0.3, 0.4) is 0 Å². The summed E-state index contributed by atoms with van der Waals surface area (Å²) in [7, 11) is 0. The highest BCUT2D eigenvalue weighted by Crippen LogP contribution is 2.13. The Labute approximate surface area is 133 Å². The van der Waals surface area contributed by atoms with E-state index in [-0.39, 0.29) is 11.6 Å². The van der Waals surface area contributed by atoms with Gasteiger partial charge in [0.2, 0.25) is 0 Å². The molecule has 0 aromatic rings. The fraction of sp³-hybridized carbons (Fsp3) is 0.824. The molecule has 0 atom stereocenters. The van der Waals surface area contributed by atoms with Gasteiger partial charge in [0.25, 0.3) is 0 Å². The lowest BCUT2D eigenvalue weighted by Crippen LogP contribution is -2.38. The molecule has 0 radical (unpaired) electrons. The van der Waals surface area contributed by atoms with Crippen LogP contribution < -0.4 is 0 Å². The maximum atomic E-state index is 12.2. The van der Waals surface area contributed by atoms with Crippen molar-refractivity contribution in [2.24, 2.45) is 0 Å². The SMILES string of the molecule is CC(C)(C)OC(=O)N1CCCC(=O)CCCCCC(=O)CC1. The minimum Gasteiger partial charge on any atom is -0.444 e. The average molecular weight is 311 g/mol. The van der Waals surface area contributed by atoms with Gasteiger partial charge < -0.3 is 9.64 Å². The second kappa shape index (κ2) is 8.91. The lowest BCUT2D eigenvalue weighted by atomic mass is 10.1. The van der Waals surface area contributed by atoms with E-state index in [0.29, 0.717) is 45.2 Å². The van der Waals surface area contributed by atoms with Crippen molar-refractivity contribution in [3.8, 4) is 0 Å². The number of ketones is 2. The van der Waals surface area contributed by atoms with Crippen LogP contribution in [0.1, 0.15) is 72.1 Å². The minimum absolute atomic E-state index is 0.180. The molecule has 1 saturated heterocycles. The average Bonchev–Trinajstić information content (AvgIpc) is 2.40. The summed E-state index contributed by atoms with van der Waals surface area (Å²) in [6.07, 6.45) is 4.83. The summed E-state index contributed by atoms with van der Waals surface area (Å²) in [5.41, 5.74) is -0.557. The fourth-order valence-electron chi connectivity index (χ4n) is 2.42. The van der Waals surface area contributed by atoms with E-state index in [1.807, 2.05) is 20.8 Å². The van der Waals surface area contributed by atoms with Gasteiger partial charge in [0, 0.05) is 38.8 Å². The number of ether oxygens (including phenoxy) is 1. The molecule has 5 nitrogen and oxygen atoms in total. The zero-order valence-electron chi connectivity index (χ0n) is 14.2. The molecule has 1 aliphatic rings. The zero-order chi connectivity index (χ0) is 16.6. The van der Waals surface area contributed by atoms with E-state index in [1.54, 1.807) is 4.90 Å². The smallest absolute Gasteiger partial charge is 0.410 e. The van der Waals surface area contributed by atoms with Crippen molar-refractivity contribution in [1.29, 1.82) is 0 Å². The number of rotatable bonds is 0. The van der Waals surface area contributed by atoms with Gasteiger partial charge in [-0.25, -0.2) is 4.79 Å². The highest BCUT2D eigenvalue weighted by Gasteiger charge is 2.22. The van der Waals surface area contributed by atoms with Gasteiger partial charge in [-0.2, -0.15) is 0 Å². The lowest BCUT2D eigenvalue weighted by Gasteiger charge is -2.27. The zero-order valence-corrected chi connectivity index (χ0v) is 14.2. The molecule has 0 saturated carbocycles. The molecule has 0 unspecified atom stereocenters. The Kier molecular flexibility index (Phi) is 7.56. The van der Waals surface area contributed by atoms with Crippen LogP contribution in [-0.2, 0) is 14.3 Å². The Morgan fingerprint density at radius 2 is 1.41 bits per heavy atom. The fourth-order valence-corrected chi connectivity index (χ4v) is 2.42. The molecule has 0 aliphatic carbocycles. The number of nitrogens with zero attached hydrogens (tertiary/aromatic N) is 1. The number of carbonyl (C=O) groups excluding carboxylic acids is 3. The van der Waals surface area contributed by atoms with Crippen LogP contribution >= 0.6 is 0 Å². The predicted molar refractivity (Wildman–Crippen MR) is 84.8 cm³/mol. The van der Waals surface area contributed by atoms with Crippen LogP contribution in [-0.4, -0.2) is 41.3 Å². The van der Waals surface area contributed by atoms with E-state index in [1.165, 1.54) is 0 Å². The summed E-state index contributed by atoms with van der Waals surface area (Å²) in [5, 5.41) is 0. The number of carbonyl (C=O) groups is 3. The Morgan fingerprint density at radius 3 is 2.00 bits per heavy atom. The first-order valence-corrected chi connectivity index (χ1v) is 8.29. The summed E-state index contributed by atoms with van der Waals surface area (Å²) in [5.74, 6) is 0.425. The van der Waals surface area contributed by atoms with Crippen molar-refractivity contribution >= 4 is 17.7 Å². The molecule has 5 heteroatoms. The third-order valence-electron chi connectivity index (χ3n) is 3.61. The Bertz CT molecular complexity index is 398. The van der Waals surface area contributed by atoms with Crippen LogP contribution in [0.15, 0.2) is 0 Å². The molecule has 0 aromatic heterocycles. The van der Waals surface area contributed by atoms with Crippen molar-refractivity contribution in [2.75, 3.05) is 13.1 Å². The Balaban J connectivity index is 2.64. The van der Waals surface area contributed by atoms with Crippen LogP contribution in [0.25, 0.3) is 0 Å². The normalized spacial score (nSPS) is 19.9.